The lowest BCUT2D eigenvalue weighted by Crippen LogP contribution is -1.96. The van der Waals surface area contributed by atoms with Gasteiger partial charge in [0.2, 0.25) is 0 Å². The number of carboxylic acid groups (broad SMARTS) is 1. The molecule has 0 saturated heterocycles. The smallest absolute Gasteiger partial charge is 0.336 e. The average Bonchev–Trinajstić information content (AvgIpc) is 2.47. The Balaban J connectivity index is 2.87. The zero-order valence-electron chi connectivity index (χ0n) is 6.75. The molecule has 2 aromatic rings. The van der Waals surface area contributed by atoms with Gasteiger partial charge in [0.25, 0.3) is 0 Å². The summed E-state index contributed by atoms with van der Waals surface area (Å²) in [6.07, 6.45) is 0. The average molecular weight is 231 g/mol. The van der Waals surface area contributed by atoms with Crippen LogP contribution < -0.4 is 0 Å². The molecule has 0 unspecified atom stereocenters. The van der Waals surface area contributed by atoms with Crippen LogP contribution in [0.15, 0.2) is 18.2 Å². The summed E-state index contributed by atoms with van der Waals surface area (Å²) in [5.74, 6) is -1.52. The summed E-state index contributed by atoms with van der Waals surface area (Å²) in [6.45, 7) is 0. The highest BCUT2D eigenvalue weighted by Crippen LogP contribution is 2.33. The molecule has 1 N–H and O–H groups in total. The van der Waals surface area contributed by atoms with Crippen molar-refractivity contribution in [3.63, 3.8) is 0 Å². The fourth-order valence-corrected chi connectivity index (χ4v) is 2.40. The molecule has 1 heterocycles. The molecule has 0 atom stereocenters. The Morgan fingerprint density at radius 3 is 2.86 bits per heavy atom. The molecule has 1 aromatic carbocycles. The molecule has 14 heavy (non-hydrogen) atoms. The second-order valence-corrected chi connectivity index (χ2v) is 4.38. The van der Waals surface area contributed by atoms with Crippen LogP contribution in [0.4, 0.5) is 4.39 Å². The third-order valence-corrected chi connectivity index (χ3v) is 3.11. The van der Waals surface area contributed by atoms with Crippen LogP contribution >= 0.6 is 22.9 Å². The van der Waals surface area contributed by atoms with Crippen LogP contribution in [-0.4, -0.2) is 11.1 Å². The largest absolute Gasteiger partial charge is 0.478 e. The molecule has 0 bridgehead atoms. The van der Waals surface area contributed by atoms with E-state index in [1.165, 1.54) is 12.1 Å². The molecule has 0 fully saturated rings. The Morgan fingerprint density at radius 1 is 1.50 bits per heavy atom. The van der Waals surface area contributed by atoms with Gasteiger partial charge in [0.1, 0.15) is 5.82 Å². The van der Waals surface area contributed by atoms with Gasteiger partial charge in [-0.1, -0.05) is 11.6 Å². The van der Waals surface area contributed by atoms with Crippen molar-refractivity contribution in [3.05, 3.63) is 33.9 Å². The number of fused-ring (bicyclic) bond motifs is 1. The van der Waals surface area contributed by atoms with Crippen molar-refractivity contribution >= 4 is 39.0 Å². The Morgan fingerprint density at radius 2 is 2.21 bits per heavy atom. The van der Waals surface area contributed by atoms with Crippen molar-refractivity contribution in [2.45, 2.75) is 0 Å². The second kappa shape index (κ2) is 3.22. The highest BCUT2D eigenvalue weighted by atomic mass is 35.5. The number of thiophene rings is 1. The monoisotopic (exact) mass is 230 g/mol. The van der Waals surface area contributed by atoms with Crippen molar-refractivity contribution in [2.24, 2.45) is 0 Å². The molecular weight excluding hydrogens is 227 g/mol. The first-order valence-corrected chi connectivity index (χ1v) is 4.90. The number of halogens is 2. The van der Waals surface area contributed by atoms with E-state index in [4.69, 9.17) is 16.7 Å². The van der Waals surface area contributed by atoms with E-state index < -0.39 is 11.8 Å². The van der Waals surface area contributed by atoms with E-state index in [0.29, 0.717) is 9.72 Å². The number of hydrogen-bond acceptors (Lipinski definition) is 2. The van der Waals surface area contributed by atoms with Gasteiger partial charge in [-0.2, -0.15) is 0 Å². The summed E-state index contributed by atoms with van der Waals surface area (Å²) >= 11 is 6.73. The summed E-state index contributed by atoms with van der Waals surface area (Å²) in [6, 6.07) is 3.84. The lowest BCUT2D eigenvalue weighted by molar-refractivity contribution is 0.0699. The molecule has 0 spiro atoms. The maximum Gasteiger partial charge on any atom is 0.336 e. The molecule has 2 rings (SSSR count). The number of aromatic carboxylic acids is 1. The number of hydrogen-bond donors (Lipinski definition) is 1. The van der Waals surface area contributed by atoms with E-state index >= 15 is 0 Å². The first-order valence-electron chi connectivity index (χ1n) is 3.70. The molecule has 0 aliphatic heterocycles. The minimum Gasteiger partial charge on any atom is -0.478 e. The molecule has 1 aromatic heterocycles. The second-order valence-electron chi connectivity index (χ2n) is 2.69. The van der Waals surface area contributed by atoms with Crippen LogP contribution in [-0.2, 0) is 0 Å². The standard InChI is InChI=1S/C9H4ClFO2S/c10-7-3-5-4(9(12)13)1-2-6(11)8(5)14-7/h1-3H,(H,12,13). The number of carbonyl (C=O) groups is 1. The molecule has 72 valence electrons. The van der Waals surface area contributed by atoms with Crippen molar-refractivity contribution in [2.75, 3.05) is 0 Å². The molecule has 0 saturated carbocycles. The van der Waals surface area contributed by atoms with Crippen LogP contribution in [0.5, 0.6) is 0 Å². The summed E-state index contributed by atoms with van der Waals surface area (Å²) < 4.78 is 13.9. The van der Waals surface area contributed by atoms with Gasteiger partial charge < -0.3 is 5.11 Å². The Bertz CT molecular complexity index is 521. The SMILES string of the molecule is O=C(O)c1ccc(F)c2sc(Cl)cc12. The fourth-order valence-electron chi connectivity index (χ4n) is 1.25. The molecular formula is C9H4ClFO2S. The van der Waals surface area contributed by atoms with Crippen LogP contribution in [0.25, 0.3) is 10.1 Å². The minimum atomic E-state index is -1.08. The zero-order chi connectivity index (χ0) is 10.3. The Kier molecular flexibility index (Phi) is 2.17. The Labute approximate surface area is 87.5 Å². The van der Waals surface area contributed by atoms with Crippen LogP contribution in [0.2, 0.25) is 4.34 Å². The van der Waals surface area contributed by atoms with Gasteiger partial charge in [0, 0.05) is 5.39 Å². The predicted molar refractivity (Wildman–Crippen MR) is 53.8 cm³/mol. The van der Waals surface area contributed by atoms with Crippen LogP contribution in [0.1, 0.15) is 10.4 Å². The van der Waals surface area contributed by atoms with E-state index in [9.17, 15) is 9.18 Å². The minimum absolute atomic E-state index is 0.0737. The van der Waals surface area contributed by atoms with Crippen LogP contribution in [0.3, 0.4) is 0 Å². The molecule has 0 amide bonds. The van der Waals surface area contributed by atoms with Gasteiger partial charge in [-0.25, -0.2) is 9.18 Å². The van der Waals surface area contributed by atoms with Gasteiger partial charge in [-0.3, -0.25) is 0 Å². The van der Waals surface area contributed by atoms with E-state index in [0.717, 1.165) is 17.4 Å². The molecule has 2 nitrogen and oxygen atoms in total. The summed E-state index contributed by atoms with van der Waals surface area (Å²) in [4.78, 5) is 10.8. The lowest BCUT2D eigenvalue weighted by atomic mass is 10.1. The van der Waals surface area contributed by atoms with E-state index in [1.807, 2.05) is 0 Å². The third-order valence-electron chi connectivity index (χ3n) is 1.84. The summed E-state index contributed by atoms with van der Waals surface area (Å²) in [7, 11) is 0. The Hall–Kier alpha value is -1.13. The van der Waals surface area contributed by atoms with Gasteiger partial charge in [-0.05, 0) is 18.2 Å². The molecule has 5 heteroatoms. The highest BCUT2D eigenvalue weighted by Gasteiger charge is 2.13. The summed E-state index contributed by atoms with van der Waals surface area (Å²) in [5, 5.41) is 9.18. The molecule has 0 radical (unpaired) electrons. The van der Waals surface area contributed by atoms with E-state index in [1.54, 1.807) is 0 Å². The fraction of sp³-hybridized carbons (Fsp3) is 0. The molecule has 0 aliphatic rings. The topological polar surface area (TPSA) is 37.3 Å². The van der Waals surface area contributed by atoms with Crippen molar-refractivity contribution in [1.29, 1.82) is 0 Å². The van der Waals surface area contributed by atoms with Gasteiger partial charge in [0.05, 0.1) is 14.6 Å². The maximum absolute atomic E-state index is 13.2. The quantitative estimate of drug-likeness (QED) is 0.815. The van der Waals surface area contributed by atoms with Gasteiger partial charge >= 0.3 is 5.97 Å². The van der Waals surface area contributed by atoms with E-state index in [-0.39, 0.29) is 10.3 Å². The zero-order valence-corrected chi connectivity index (χ0v) is 8.32. The normalized spacial score (nSPS) is 10.7. The first kappa shape index (κ1) is 9.43. The van der Waals surface area contributed by atoms with Crippen molar-refractivity contribution in [3.8, 4) is 0 Å². The van der Waals surface area contributed by atoms with Crippen molar-refractivity contribution < 1.29 is 14.3 Å². The van der Waals surface area contributed by atoms with E-state index in [2.05, 4.69) is 0 Å². The lowest BCUT2D eigenvalue weighted by Gasteiger charge is -1.96. The summed E-state index contributed by atoms with van der Waals surface area (Å²) in [5.41, 5.74) is 0.0737. The highest BCUT2D eigenvalue weighted by molar-refractivity contribution is 7.22. The number of carboxylic acids is 1. The molecule has 0 aliphatic carbocycles. The number of benzene rings is 1. The first-order chi connectivity index (χ1) is 6.59. The predicted octanol–water partition coefficient (Wildman–Crippen LogP) is 3.39. The third kappa shape index (κ3) is 1.36. The maximum atomic E-state index is 13.2. The number of rotatable bonds is 1. The van der Waals surface area contributed by atoms with Gasteiger partial charge in [-0.15, -0.1) is 11.3 Å². The van der Waals surface area contributed by atoms with Gasteiger partial charge in [0.15, 0.2) is 0 Å². The van der Waals surface area contributed by atoms with Crippen LogP contribution in [0, 0.1) is 5.82 Å². The van der Waals surface area contributed by atoms with Crippen molar-refractivity contribution in [1.82, 2.24) is 0 Å².